The number of aromatic nitrogens is 2. The summed E-state index contributed by atoms with van der Waals surface area (Å²) < 4.78 is 1.65. The van der Waals surface area contributed by atoms with E-state index in [1.54, 1.807) is 16.8 Å². The van der Waals surface area contributed by atoms with Gasteiger partial charge in [0.1, 0.15) is 5.69 Å². The van der Waals surface area contributed by atoms with Crippen molar-refractivity contribution in [2.75, 3.05) is 0 Å². The highest BCUT2D eigenvalue weighted by Crippen LogP contribution is 2.26. The lowest BCUT2D eigenvalue weighted by Crippen LogP contribution is -2.31. The molecule has 0 radical (unpaired) electrons. The highest BCUT2D eigenvalue weighted by Gasteiger charge is 2.22. The molecule has 5 heteroatoms. The predicted molar refractivity (Wildman–Crippen MR) is 136 cm³/mol. The van der Waals surface area contributed by atoms with Crippen LogP contribution in [0.4, 0.5) is 0 Å². The molecule has 4 nitrogen and oxygen atoms in total. The first-order chi connectivity index (χ1) is 16.7. The Balaban J connectivity index is 1.57. The molecule has 0 saturated carbocycles. The Morgan fingerprint density at radius 2 is 1.32 bits per heavy atom. The fourth-order valence-electron chi connectivity index (χ4n) is 3.95. The molecule has 0 unspecified atom stereocenters. The van der Waals surface area contributed by atoms with Crippen molar-refractivity contribution in [3.05, 3.63) is 143 Å². The second-order valence-electron chi connectivity index (χ2n) is 7.90. The van der Waals surface area contributed by atoms with Crippen molar-refractivity contribution in [2.24, 2.45) is 0 Å². The van der Waals surface area contributed by atoms with E-state index in [-0.39, 0.29) is 11.9 Å². The van der Waals surface area contributed by atoms with E-state index in [1.807, 2.05) is 109 Å². The van der Waals surface area contributed by atoms with E-state index in [0.29, 0.717) is 16.4 Å². The van der Waals surface area contributed by atoms with E-state index in [9.17, 15) is 4.79 Å². The number of nitrogens with zero attached hydrogens (tertiary/aromatic N) is 2. The van der Waals surface area contributed by atoms with Crippen LogP contribution in [0.15, 0.2) is 121 Å². The van der Waals surface area contributed by atoms with Gasteiger partial charge in [-0.05, 0) is 35.4 Å². The number of nitrogens with one attached hydrogen (secondary N) is 1. The molecule has 5 aromatic rings. The SMILES string of the molecule is O=C(NC(c1ccccc1)c1ccccc1)c1cc(-c2ccccc2)nn1-c1cccc(Cl)c1. The first-order valence-electron chi connectivity index (χ1n) is 11.0. The van der Waals surface area contributed by atoms with Gasteiger partial charge in [-0.2, -0.15) is 5.10 Å². The first kappa shape index (κ1) is 21.7. The zero-order chi connectivity index (χ0) is 23.3. The van der Waals surface area contributed by atoms with Crippen LogP contribution in [0.5, 0.6) is 0 Å². The lowest BCUT2D eigenvalue weighted by atomic mass is 9.98. The normalized spacial score (nSPS) is 10.9. The van der Waals surface area contributed by atoms with E-state index >= 15 is 0 Å². The summed E-state index contributed by atoms with van der Waals surface area (Å²) in [4.78, 5) is 13.7. The van der Waals surface area contributed by atoms with Crippen molar-refractivity contribution >= 4 is 17.5 Å². The number of hydrogen-bond acceptors (Lipinski definition) is 2. The number of benzene rings is 4. The summed E-state index contributed by atoms with van der Waals surface area (Å²) in [5, 5.41) is 8.56. The zero-order valence-corrected chi connectivity index (χ0v) is 19.1. The molecule has 0 aliphatic rings. The third-order valence-electron chi connectivity index (χ3n) is 5.61. The molecule has 0 aliphatic heterocycles. The van der Waals surface area contributed by atoms with Crippen molar-refractivity contribution in [3.8, 4) is 16.9 Å². The molecule has 1 amide bonds. The van der Waals surface area contributed by atoms with Crippen molar-refractivity contribution in [3.63, 3.8) is 0 Å². The number of hydrogen-bond donors (Lipinski definition) is 1. The molecule has 0 aliphatic carbocycles. The van der Waals surface area contributed by atoms with Crippen molar-refractivity contribution in [2.45, 2.75) is 6.04 Å². The molecule has 1 N–H and O–H groups in total. The smallest absolute Gasteiger partial charge is 0.270 e. The molecular weight excluding hydrogens is 442 g/mol. The van der Waals surface area contributed by atoms with E-state index in [0.717, 1.165) is 22.4 Å². The Morgan fingerprint density at radius 1 is 0.735 bits per heavy atom. The fourth-order valence-corrected chi connectivity index (χ4v) is 4.14. The van der Waals surface area contributed by atoms with Gasteiger partial charge in [-0.3, -0.25) is 4.79 Å². The molecule has 166 valence electrons. The second-order valence-corrected chi connectivity index (χ2v) is 8.34. The van der Waals surface area contributed by atoms with Crippen molar-refractivity contribution in [1.29, 1.82) is 0 Å². The number of amides is 1. The summed E-state index contributed by atoms with van der Waals surface area (Å²) in [7, 11) is 0. The van der Waals surface area contributed by atoms with Gasteiger partial charge in [0, 0.05) is 10.6 Å². The number of carbonyl (C=O) groups is 1. The Kier molecular flexibility index (Phi) is 6.23. The standard InChI is InChI=1S/C29H22ClN3O/c30-24-17-10-18-25(19-24)33-27(20-26(32-33)21-11-4-1-5-12-21)29(34)31-28(22-13-6-2-7-14-22)23-15-8-3-9-16-23/h1-20,28H,(H,31,34). The quantitative estimate of drug-likeness (QED) is 0.304. The molecule has 0 saturated heterocycles. The van der Waals surface area contributed by atoms with E-state index in [2.05, 4.69) is 5.32 Å². The lowest BCUT2D eigenvalue weighted by molar-refractivity contribution is 0.0935. The van der Waals surface area contributed by atoms with Gasteiger partial charge in [0.15, 0.2) is 0 Å². The van der Waals surface area contributed by atoms with E-state index in [1.165, 1.54) is 0 Å². The zero-order valence-electron chi connectivity index (χ0n) is 18.3. The summed E-state index contributed by atoms with van der Waals surface area (Å²) >= 11 is 6.25. The average Bonchev–Trinajstić information content (AvgIpc) is 3.35. The molecule has 4 aromatic carbocycles. The van der Waals surface area contributed by atoms with Crippen molar-refractivity contribution in [1.82, 2.24) is 15.1 Å². The summed E-state index contributed by atoms with van der Waals surface area (Å²) in [5.41, 5.74) is 4.79. The number of rotatable bonds is 6. The maximum absolute atomic E-state index is 13.7. The summed E-state index contributed by atoms with van der Waals surface area (Å²) in [6.07, 6.45) is 0. The van der Waals surface area contributed by atoms with Gasteiger partial charge in [0.25, 0.3) is 5.91 Å². The second kappa shape index (κ2) is 9.77. The van der Waals surface area contributed by atoms with Crippen LogP contribution < -0.4 is 5.32 Å². The van der Waals surface area contributed by atoms with Crippen LogP contribution in [-0.4, -0.2) is 15.7 Å². The summed E-state index contributed by atoms with van der Waals surface area (Å²) in [6.45, 7) is 0. The minimum absolute atomic E-state index is 0.229. The van der Waals surface area contributed by atoms with Crippen molar-refractivity contribution < 1.29 is 4.79 Å². The number of halogens is 1. The molecule has 0 spiro atoms. The molecule has 1 aromatic heterocycles. The summed E-state index contributed by atoms with van der Waals surface area (Å²) in [6, 6.07) is 38.5. The lowest BCUT2D eigenvalue weighted by Gasteiger charge is -2.20. The van der Waals surface area contributed by atoms with Gasteiger partial charge in [0.2, 0.25) is 0 Å². The Labute approximate surface area is 203 Å². The predicted octanol–water partition coefficient (Wildman–Crippen LogP) is 6.71. The maximum Gasteiger partial charge on any atom is 0.270 e. The van der Waals surface area contributed by atoms with Crippen LogP contribution in [0.1, 0.15) is 27.7 Å². The van der Waals surface area contributed by atoms with Gasteiger partial charge in [0.05, 0.1) is 17.4 Å². The van der Waals surface area contributed by atoms with E-state index in [4.69, 9.17) is 16.7 Å². The first-order valence-corrected chi connectivity index (χ1v) is 11.4. The molecule has 0 fully saturated rings. The highest BCUT2D eigenvalue weighted by atomic mass is 35.5. The Morgan fingerprint density at radius 3 is 1.91 bits per heavy atom. The fraction of sp³-hybridized carbons (Fsp3) is 0.0345. The van der Waals surface area contributed by atoms with Gasteiger partial charge in [-0.1, -0.05) is 109 Å². The van der Waals surface area contributed by atoms with Crippen LogP contribution in [0.2, 0.25) is 5.02 Å². The maximum atomic E-state index is 13.7. The minimum Gasteiger partial charge on any atom is -0.340 e. The third kappa shape index (κ3) is 4.63. The van der Waals surface area contributed by atoms with Crippen LogP contribution in [0.25, 0.3) is 16.9 Å². The highest BCUT2D eigenvalue weighted by molar-refractivity contribution is 6.30. The van der Waals surface area contributed by atoms with Gasteiger partial charge >= 0.3 is 0 Å². The van der Waals surface area contributed by atoms with Crippen LogP contribution in [0.3, 0.4) is 0 Å². The monoisotopic (exact) mass is 463 g/mol. The van der Waals surface area contributed by atoms with Gasteiger partial charge < -0.3 is 5.32 Å². The molecule has 0 atom stereocenters. The van der Waals surface area contributed by atoms with Crippen LogP contribution in [0, 0.1) is 0 Å². The average molecular weight is 464 g/mol. The molecule has 0 bridgehead atoms. The number of carbonyl (C=O) groups excluding carboxylic acids is 1. The van der Waals surface area contributed by atoms with Crippen LogP contribution >= 0.6 is 11.6 Å². The summed E-state index contributed by atoms with van der Waals surface area (Å²) in [5.74, 6) is -0.229. The molecular formula is C29H22ClN3O. The van der Waals surface area contributed by atoms with Crippen LogP contribution in [-0.2, 0) is 0 Å². The molecule has 1 heterocycles. The largest absolute Gasteiger partial charge is 0.340 e. The minimum atomic E-state index is -0.308. The Bertz CT molecular complexity index is 1360. The molecule has 34 heavy (non-hydrogen) atoms. The topological polar surface area (TPSA) is 46.9 Å². The molecule has 5 rings (SSSR count). The van der Waals surface area contributed by atoms with E-state index < -0.39 is 0 Å². The third-order valence-corrected chi connectivity index (χ3v) is 5.84. The van der Waals surface area contributed by atoms with Gasteiger partial charge in [-0.25, -0.2) is 4.68 Å². The van der Waals surface area contributed by atoms with Gasteiger partial charge in [-0.15, -0.1) is 0 Å². The Hall–Kier alpha value is -4.15.